The van der Waals surface area contributed by atoms with Gasteiger partial charge in [-0.15, -0.1) is 11.3 Å². The number of benzene rings is 2. The number of carbonyl (C=O) groups excluding carboxylic acids is 1. The summed E-state index contributed by atoms with van der Waals surface area (Å²) in [7, 11) is -0.371. The first-order valence-electron chi connectivity index (χ1n) is 9.69. The van der Waals surface area contributed by atoms with Gasteiger partial charge in [0.25, 0.3) is 5.91 Å². The topological polar surface area (TPSA) is 57.7 Å². The Hall–Kier alpha value is -2.29. The van der Waals surface area contributed by atoms with Gasteiger partial charge >= 0.3 is 0 Å². The van der Waals surface area contributed by atoms with Crippen LogP contribution in [-0.2, 0) is 10.0 Å². The Labute approximate surface area is 179 Å². The Bertz CT molecular complexity index is 1230. The lowest BCUT2D eigenvalue weighted by molar-refractivity contribution is 0.0831. The van der Waals surface area contributed by atoms with Crippen molar-refractivity contribution in [3.05, 3.63) is 64.3 Å². The Balaban J connectivity index is 1.71. The number of aryl methyl sites for hydroxylation is 1. The fourth-order valence-corrected chi connectivity index (χ4v) is 6.72. The Morgan fingerprint density at radius 3 is 2.63 bits per heavy atom. The first-order valence-corrected chi connectivity index (χ1v) is 11.9. The molecule has 1 aliphatic rings. The molecule has 0 bridgehead atoms. The van der Waals surface area contributed by atoms with Crippen LogP contribution in [0.5, 0.6) is 0 Å². The monoisotopic (exact) mass is 446 g/mol. The third-order valence-electron chi connectivity index (χ3n) is 5.57. The molecule has 0 saturated carbocycles. The zero-order valence-corrected chi connectivity index (χ0v) is 18.7. The number of carbonyl (C=O) groups is 1. The Morgan fingerprint density at radius 1 is 1.20 bits per heavy atom. The summed E-state index contributed by atoms with van der Waals surface area (Å²) in [4.78, 5) is 15.0. The molecule has 8 heteroatoms. The van der Waals surface area contributed by atoms with Crippen LogP contribution in [0.3, 0.4) is 0 Å². The summed E-state index contributed by atoms with van der Waals surface area (Å²) in [6.07, 6.45) is 0.613. The smallest absolute Gasteiger partial charge is 0.263 e. The predicted molar refractivity (Wildman–Crippen MR) is 117 cm³/mol. The molecule has 1 atom stereocenters. The summed E-state index contributed by atoms with van der Waals surface area (Å²) in [6.45, 7) is 2.21. The van der Waals surface area contributed by atoms with Crippen LogP contribution >= 0.6 is 11.3 Å². The molecule has 1 fully saturated rings. The van der Waals surface area contributed by atoms with Gasteiger partial charge in [0.15, 0.2) is 0 Å². The molecule has 5 nitrogen and oxygen atoms in total. The third kappa shape index (κ3) is 3.53. The van der Waals surface area contributed by atoms with Crippen molar-refractivity contribution in [2.24, 2.45) is 0 Å². The van der Waals surface area contributed by atoms with E-state index in [0.717, 1.165) is 21.7 Å². The van der Waals surface area contributed by atoms with Gasteiger partial charge in [-0.05, 0) is 48.1 Å². The molecule has 0 spiro atoms. The highest BCUT2D eigenvalue weighted by Gasteiger charge is 2.36. The summed E-state index contributed by atoms with van der Waals surface area (Å²) in [6, 6.07) is 11.8. The lowest BCUT2D eigenvalue weighted by Crippen LogP contribution is -2.29. The highest BCUT2D eigenvalue weighted by atomic mass is 32.2. The van der Waals surface area contributed by atoms with E-state index in [9.17, 15) is 17.6 Å². The summed E-state index contributed by atoms with van der Waals surface area (Å²) < 4.78 is 42.6. The van der Waals surface area contributed by atoms with Crippen LogP contribution in [0, 0.1) is 12.7 Å². The molecule has 0 N–H and O–H groups in total. The summed E-state index contributed by atoms with van der Waals surface area (Å²) in [5.74, 6) is -0.701. The van der Waals surface area contributed by atoms with Crippen molar-refractivity contribution >= 4 is 37.4 Å². The van der Waals surface area contributed by atoms with E-state index in [1.807, 2.05) is 24.3 Å². The highest BCUT2D eigenvalue weighted by Crippen LogP contribution is 2.41. The standard InChI is InChI=1S/C22H23FN2O3S2/c1-14-8-9-16(12-18(14)23)30(27,28)25-11-10-15(13-25)20-17-6-4-5-7-19(17)29-21(20)22(26)24(2)3/h4-9,12,15H,10-11,13H2,1-3H3/t15-/m1/s1. The maximum absolute atomic E-state index is 14.0. The van der Waals surface area contributed by atoms with Crippen LogP contribution in [0.2, 0.25) is 0 Å². The maximum atomic E-state index is 14.0. The second kappa shape index (κ2) is 7.76. The van der Waals surface area contributed by atoms with Gasteiger partial charge < -0.3 is 4.90 Å². The van der Waals surface area contributed by atoms with Crippen molar-refractivity contribution in [1.29, 1.82) is 0 Å². The molecule has 1 saturated heterocycles. The minimum absolute atomic E-state index is 0.0361. The van der Waals surface area contributed by atoms with Crippen LogP contribution < -0.4 is 0 Å². The van der Waals surface area contributed by atoms with Gasteiger partial charge in [0.05, 0.1) is 9.77 Å². The van der Waals surface area contributed by atoms with E-state index in [1.54, 1.807) is 25.9 Å². The number of halogens is 1. The average Bonchev–Trinajstić information content (AvgIpc) is 3.34. The fourth-order valence-electron chi connectivity index (χ4n) is 3.90. The molecule has 2 aromatic carbocycles. The van der Waals surface area contributed by atoms with E-state index in [4.69, 9.17) is 0 Å². The van der Waals surface area contributed by atoms with Crippen molar-refractivity contribution in [3.8, 4) is 0 Å². The quantitative estimate of drug-likeness (QED) is 0.603. The Kier molecular flexibility index (Phi) is 5.42. The van der Waals surface area contributed by atoms with E-state index in [0.29, 0.717) is 23.4 Å². The lowest BCUT2D eigenvalue weighted by Gasteiger charge is -2.18. The molecule has 30 heavy (non-hydrogen) atoms. The summed E-state index contributed by atoms with van der Waals surface area (Å²) in [5, 5.41) is 0.998. The lowest BCUT2D eigenvalue weighted by atomic mass is 9.95. The van der Waals surface area contributed by atoms with E-state index < -0.39 is 15.8 Å². The molecule has 158 valence electrons. The molecule has 0 radical (unpaired) electrons. The summed E-state index contributed by atoms with van der Waals surface area (Å²) in [5.41, 5.74) is 1.33. The van der Waals surface area contributed by atoms with Gasteiger partial charge in [-0.25, -0.2) is 12.8 Å². The first kappa shape index (κ1) is 21.0. The SMILES string of the molecule is Cc1ccc(S(=O)(=O)N2CC[C@@H](c3c(C(=O)N(C)C)sc4ccccc34)C2)cc1F. The number of thiophene rings is 1. The molecule has 0 aliphatic carbocycles. The van der Waals surface area contributed by atoms with Gasteiger partial charge in [0.1, 0.15) is 5.82 Å². The molecule has 0 unspecified atom stereocenters. The molecule has 1 aromatic heterocycles. The minimum atomic E-state index is -3.80. The van der Waals surface area contributed by atoms with Gasteiger partial charge in [0, 0.05) is 37.8 Å². The van der Waals surface area contributed by atoms with Crippen LogP contribution in [0.25, 0.3) is 10.1 Å². The van der Waals surface area contributed by atoms with Gasteiger partial charge in [-0.3, -0.25) is 4.79 Å². The van der Waals surface area contributed by atoms with E-state index in [2.05, 4.69) is 0 Å². The van der Waals surface area contributed by atoms with Gasteiger partial charge in [-0.1, -0.05) is 24.3 Å². The van der Waals surface area contributed by atoms with Crippen LogP contribution in [0.4, 0.5) is 4.39 Å². The van der Waals surface area contributed by atoms with Gasteiger partial charge in [0.2, 0.25) is 10.0 Å². The second-order valence-electron chi connectivity index (χ2n) is 7.80. The highest BCUT2D eigenvalue weighted by molar-refractivity contribution is 7.89. The normalized spacial score (nSPS) is 17.5. The van der Waals surface area contributed by atoms with Crippen molar-refractivity contribution in [2.45, 2.75) is 24.2 Å². The molecular weight excluding hydrogens is 423 g/mol. The molecule has 1 aliphatic heterocycles. The first-order chi connectivity index (χ1) is 14.2. The number of amides is 1. The Morgan fingerprint density at radius 2 is 1.93 bits per heavy atom. The average molecular weight is 447 g/mol. The van der Waals surface area contributed by atoms with Crippen molar-refractivity contribution in [3.63, 3.8) is 0 Å². The molecular formula is C22H23FN2O3S2. The van der Waals surface area contributed by atoms with Crippen molar-refractivity contribution in [1.82, 2.24) is 9.21 Å². The van der Waals surface area contributed by atoms with Gasteiger partial charge in [-0.2, -0.15) is 4.31 Å². The molecule has 3 aromatic rings. The van der Waals surface area contributed by atoms with E-state index >= 15 is 0 Å². The zero-order chi connectivity index (χ0) is 21.6. The fraction of sp³-hybridized carbons (Fsp3) is 0.318. The van der Waals surface area contributed by atoms with Crippen molar-refractivity contribution < 1.29 is 17.6 Å². The number of nitrogens with zero attached hydrogens (tertiary/aromatic N) is 2. The summed E-state index contributed by atoms with van der Waals surface area (Å²) >= 11 is 1.45. The number of hydrogen-bond acceptors (Lipinski definition) is 4. The van der Waals surface area contributed by atoms with E-state index in [1.165, 1.54) is 27.8 Å². The van der Waals surface area contributed by atoms with Crippen LogP contribution in [0.1, 0.15) is 33.1 Å². The number of hydrogen-bond donors (Lipinski definition) is 0. The molecule has 1 amide bonds. The predicted octanol–water partition coefficient (Wildman–Crippen LogP) is 4.23. The van der Waals surface area contributed by atoms with Crippen LogP contribution in [-0.4, -0.2) is 50.7 Å². The van der Waals surface area contributed by atoms with E-state index in [-0.39, 0.29) is 23.3 Å². The minimum Gasteiger partial charge on any atom is -0.344 e. The maximum Gasteiger partial charge on any atom is 0.263 e. The second-order valence-corrected chi connectivity index (χ2v) is 10.8. The number of sulfonamides is 1. The molecule has 4 rings (SSSR count). The molecule has 2 heterocycles. The number of rotatable bonds is 4. The van der Waals surface area contributed by atoms with Crippen molar-refractivity contribution in [2.75, 3.05) is 27.2 Å². The third-order valence-corrected chi connectivity index (χ3v) is 8.61. The zero-order valence-electron chi connectivity index (χ0n) is 17.1. The number of fused-ring (bicyclic) bond motifs is 1. The van der Waals surface area contributed by atoms with Crippen LogP contribution in [0.15, 0.2) is 47.4 Å². The largest absolute Gasteiger partial charge is 0.344 e.